The Kier molecular flexibility index (Phi) is 2.19. The predicted octanol–water partition coefficient (Wildman–Crippen LogP) is 3.09. The molecule has 0 saturated carbocycles. The minimum absolute atomic E-state index is 0.118. The molecule has 94 valence electrons. The number of fused-ring (bicyclic) bond motifs is 3. The third-order valence-electron chi connectivity index (χ3n) is 4.16. The van der Waals surface area contributed by atoms with E-state index in [9.17, 15) is 4.79 Å². The maximum absolute atomic E-state index is 12.1. The Balaban J connectivity index is 1.75. The molecule has 2 fully saturated rings. The molecule has 2 heterocycles. The quantitative estimate of drug-likeness (QED) is 0.718. The summed E-state index contributed by atoms with van der Waals surface area (Å²) in [6.07, 6.45) is 4.03. The molecule has 4 rings (SSSR count). The van der Waals surface area contributed by atoms with Crippen LogP contribution in [0, 0.1) is 0 Å². The Morgan fingerprint density at radius 1 is 1.39 bits per heavy atom. The molecule has 2 aliphatic heterocycles. The van der Waals surface area contributed by atoms with Crippen LogP contribution in [0.2, 0.25) is 0 Å². The van der Waals surface area contributed by atoms with Crippen LogP contribution in [0.15, 0.2) is 24.3 Å². The molecule has 0 radical (unpaired) electrons. The predicted molar refractivity (Wildman–Crippen MR) is 70.2 cm³/mol. The highest BCUT2D eigenvalue weighted by molar-refractivity contribution is 8.00. The van der Waals surface area contributed by atoms with Crippen molar-refractivity contribution in [3.63, 3.8) is 0 Å². The van der Waals surface area contributed by atoms with Crippen LogP contribution in [0.4, 0.5) is 4.79 Å². The zero-order valence-corrected chi connectivity index (χ0v) is 10.9. The van der Waals surface area contributed by atoms with Gasteiger partial charge in [0.2, 0.25) is 0 Å². The van der Waals surface area contributed by atoms with Crippen molar-refractivity contribution >= 4 is 17.9 Å². The second-order valence-corrected chi connectivity index (χ2v) is 6.63. The molecule has 1 aromatic carbocycles. The van der Waals surface area contributed by atoms with Crippen LogP contribution in [-0.2, 0) is 16.1 Å². The van der Waals surface area contributed by atoms with E-state index in [2.05, 4.69) is 18.2 Å². The SMILES string of the molecule is O=C1O[C@]2(CCc3ccccc32)S[C@@H]2CCCN12. The molecule has 2 atom stereocenters. The van der Waals surface area contributed by atoms with E-state index in [-0.39, 0.29) is 6.09 Å². The van der Waals surface area contributed by atoms with E-state index >= 15 is 0 Å². The minimum atomic E-state index is -0.404. The van der Waals surface area contributed by atoms with Gasteiger partial charge in [0.05, 0.1) is 5.37 Å². The molecule has 3 nitrogen and oxygen atoms in total. The van der Waals surface area contributed by atoms with Gasteiger partial charge in [0.1, 0.15) is 0 Å². The van der Waals surface area contributed by atoms with Gasteiger partial charge >= 0.3 is 6.09 Å². The van der Waals surface area contributed by atoms with Crippen LogP contribution in [0.25, 0.3) is 0 Å². The highest BCUT2D eigenvalue weighted by Gasteiger charge is 2.51. The summed E-state index contributed by atoms with van der Waals surface area (Å²) in [5, 5.41) is 0.317. The largest absolute Gasteiger partial charge is 0.427 e. The molecule has 2 saturated heterocycles. The number of hydrogen-bond acceptors (Lipinski definition) is 3. The number of hydrogen-bond donors (Lipinski definition) is 0. The molecular formula is C14H15NO2S. The average molecular weight is 261 g/mol. The lowest BCUT2D eigenvalue weighted by Gasteiger charge is -2.41. The van der Waals surface area contributed by atoms with E-state index in [0.29, 0.717) is 5.37 Å². The van der Waals surface area contributed by atoms with E-state index in [1.54, 1.807) is 0 Å². The number of benzene rings is 1. The molecule has 1 aromatic rings. The first-order valence-corrected chi connectivity index (χ1v) is 7.42. The molecule has 1 spiro atoms. The topological polar surface area (TPSA) is 29.5 Å². The number of aryl methyl sites for hydroxylation is 1. The first-order chi connectivity index (χ1) is 8.78. The molecule has 0 aromatic heterocycles. The third-order valence-corrected chi connectivity index (χ3v) is 5.81. The summed E-state index contributed by atoms with van der Waals surface area (Å²) in [5.74, 6) is 0. The van der Waals surface area contributed by atoms with E-state index < -0.39 is 4.93 Å². The Morgan fingerprint density at radius 2 is 2.28 bits per heavy atom. The van der Waals surface area contributed by atoms with Gasteiger partial charge < -0.3 is 4.74 Å². The van der Waals surface area contributed by atoms with Crippen molar-refractivity contribution in [1.82, 2.24) is 4.90 Å². The standard InChI is InChI=1S/C14H15NO2S/c16-13-15-9-3-6-12(15)18-14(17-13)8-7-10-4-1-2-5-11(10)14/h1-2,4-5,12H,3,6-9H2/t12-,14-/m1/s1. The molecule has 0 N–H and O–H groups in total. The van der Waals surface area contributed by atoms with Crippen molar-refractivity contribution in [2.24, 2.45) is 0 Å². The summed E-state index contributed by atoms with van der Waals surface area (Å²) < 4.78 is 5.83. The Bertz CT molecular complexity index is 518. The molecular weight excluding hydrogens is 246 g/mol. The molecule has 0 unspecified atom stereocenters. The van der Waals surface area contributed by atoms with Crippen molar-refractivity contribution in [3.05, 3.63) is 35.4 Å². The maximum Gasteiger partial charge on any atom is 0.412 e. The molecule has 1 aliphatic carbocycles. The highest BCUT2D eigenvalue weighted by Crippen LogP contribution is 2.54. The zero-order valence-electron chi connectivity index (χ0n) is 10.1. The van der Waals surface area contributed by atoms with E-state index in [1.807, 2.05) is 22.7 Å². The number of carbonyl (C=O) groups is 1. The Morgan fingerprint density at radius 3 is 3.22 bits per heavy atom. The van der Waals surface area contributed by atoms with Gasteiger partial charge in [-0.25, -0.2) is 4.79 Å². The molecule has 0 bridgehead atoms. The summed E-state index contributed by atoms with van der Waals surface area (Å²) in [7, 11) is 0. The second-order valence-electron chi connectivity index (χ2n) is 5.19. The van der Waals surface area contributed by atoms with Gasteiger partial charge in [-0.3, -0.25) is 4.90 Å². The lowest BCUT2D eigenvalue weighted by Crippen LogP contribution is -2.46. The number of thioether (sulfide) groups is 1. The van der Waals surface area contributed by atoms with Crippen molar-refractivity contribution < 1.29 is 9.53 Å². The summed E-state index contributed by atoms with van der Waals surface area (Å²) in [6.45, 7) is 0.855. The molecule has 3 aliphatic rings. The fraction of sp³-hybridized carbons (Fsp3) is 0.500. The first kappa shape index (κ1) is 10.7. The van der Waals surface area contributed by atoms with E-state index in [1.165, 1.54) is 11.1 Å². The lowest BCUT2D eigenvalue weighted by atomic mass is 10.1. The number of carbonyl (C=O) groups excluding carboxylic acids is 1. The normalized spacial score (nSPS) is 33.4. The van der Waals surface area contributed by atoms with Crippen LogP contribution in [-0.4, -0.2) is 22.9 Å². The fourth-order valence-electron chi connectivity index (χ4n) is 3.28. The fourth-order valence-corrected chi connectivity index (χ4v) is 4.99. The number of rotatable bonds is 0. The zero-order chi connectivity index (χ0) is 12.2. The summed E-state index contributed by atoms with van der Waals surface area (Å²) in [5.41, 5.74) is 2.55. The Hall–Kier alpha value is -1.16. The molecule has 1 amide bonds. The van der Waals surface area contributed by atoms with Crippen molar-refractivity contribution in [1.29, 1.82) is 0 Å². The van der Waals surface area contributed by atoms with E-state index in [0.717, 1.165) is 32.2 Å². The lowest BCUT2D eigenvalue weighted by molar-refractivity contribution is 0.0350. The number of ether oxygens (including phenoxy) is 1. The van der Waals surface area contributed by atoms with Crippen molar-refractivity contribution in [2.75, 3.05) is 6.54 Å². The van der Waals surface area contributed by atoms with Crippen LogP contribution in [0.1, 0.15) is 30.4 Å². The van der Waals surface area contributed by atoms with Gasteiger partial charge in [-0.05, 0) is 24.8 Å². The van der Waals surface area contributed by atoms with Crippen LogP contribution in [0.3, 0.4) is 0 Å². The van der Waals surface area contributed by atoms with Crippen LogP contribution >= 0.6 is 11.8 Å². The first-order valence-electron chi connectivity index (χ1n) is 6.54. The van der Waals surface area contributed by atoms with Gasteiger partial charge in [-0.2, -0.15) is 0 Å². The molecule has 18 heavy (non-hydrogen) atoms. The highest BCUT2D eigenvalue weighted by atomic mass is 32.2. The van der Waals surface area contributed by atoms with Gasteiger partial charge in [-0.1, -0.05) is 36.0 Å². The monoisotopic (exact) mass is 261 g/mol. The smallest absolute Gasteiger partial charge is 0.412 e. The van der Waals surface area contributed by atoms with E-state index in [4.69, 9.17) is 4.74 Å². The second kappa shape index (κ2) is 3.67. The van der Waals surface area contributed by atoms with Gasteiger partial charge in [0, 0.05) is 18.5 Å². The van der Waals surface area contributed by atoms with Gasteiger partial charge in [0.25, 0.3) is 0 Å². The maximum atomic E-state index is 12.1. The average Bonchev–Trinajstić information content (AvgIpc) is 2.97. The van der Waals surface area contributed by atoms with Crippen LogP contribution < -0.4 is 0 Å². The third kappa shape index (κ3) is 1.35. The summed E-state index contributed by atoms with van der Waals surface area (Å²) in [4.78, 5) is 13.6. The Labute approximate surface area is 110 Å². The number of amides is 1. The summed E-state index contributed by atoms with van der Waals surface area (Å²) >= 11 is 1.84. The van der Waals surface area contributed by atoms with Crippen LogP contribution in [0.5, 0.6) is 0 Å². The minimum Gasteiger partial charge on any atom is -0.427 e. The van der Waals surface area contributed by atoms with Gasteiger partial charge in [0.15, 0.2) is 4.93 Å². The molecule has 4 heteroatoms. The van der Waals surface area contributed by atoms with Crippen molar-refractivity contribution in [3.8, 4) is 0 Å². The van der Waals surface area contributed by atoms with Gasteiger partial charge in [-0.15, -0.1) is 0 Å². The number of nitrogens with zero attached hydrogens (tertiary/aromatic N) is 1. The summed E-state index contributed by atoms with van der Waals surface area (Å²) in [6, 6.07) is 8.38. The van der Waals surface area contributed by atoms with Crippen molar-refractivity contribution in [2.45, 2.75) is 36.0 Å².